The Hall–Kier alpha value is -4.66. The van der Waals surface area contributed by atoms with E-state index < -0.39 is 11.6 Å². The second-order valence-corrected chi connectivity index (χ2v) is 9.75. The molecule has 5 rings (SSSR count). The molecule has 3 aromatic carbocycles. The van der Waals surface area contributed by atoms with Crippen molar-refractivity contribution >= 4 is 34.3 Å². The molecule has 39 heavy (non-hydrogen) atoms. The molecule has 1 aromatic heterocycles. The minimum absolute atomic E-state index is 0.0278. The fraction of sp³-hybridized carbons (Fsp3) is 0.233. The monoisotopic (exact) mass is 528 g/mol. The van der Waals surface area contributed by atoms with Gasteiger partial charge in [-0.25, -0.2) is 4.39 Å². The van der Waals surface area contributed by atoms with Crippen LogP contribution in [0, 0.1) is 6.92 Å². The van der Waals surface area contributed by atoms with Crippen molar-refractivity contribution in [2.75, 3.05) is 24.7 Å². The zero-order valence-electron chi connectivity index (χ0n) is 21.8. The number of nitrogens with zero attached hydrogens (tertiary/aromatic N) is 1. The predicted octanol–water partition coefficient (Wildman–Crippen LogP) is 5.81. The molecular weight excluding hydrogens is 499 g/mol. The molecule has 1 saturated carbocycles. The largest absolute Gasteiger partial charge is 0.496 e. The number of hydrogen-bond acceptors (Lipinski definition) is 6. The van der Waals surface area contributed by atoms with Crippen LogP contribution in [0.4, 0.5) is 15.9 Å². The molecule has 8 nitrogen and oxygen atoms in total. The van der Waals surface area contributed by atoms with Crippen molar-refractivity contribution in [3.63, 3.8) is 0 Å². The molecule has 1 aliphatic carbocycles. The summed E-state index contributed by atoms with van der Waals surface area (Å²) in [6.07, 6.45) is 2.95. The number of nitrogens with one attached hydrogen (secondary N) is 2. The highest BCUT2D eigenvalue weighted by molar-refractivity contribution is 6.08. The topological polar surface area (TPSA) is 119 Å². The summed E-state index contributed by atoms with van der Waals surface area (Å²) in [5, 5.41) is 10.1. The SMILES string of the molecule is C=CC(=O)Nc1ccc(-c2ccc3onc(N)c3c2-c2ccc(C(=O)NCC3(F)CCC3)c(OC)c2)c(C)c1. The fourth-order valence-corrected chi connectivity index (χ4v) is 4.92. The zero-order chi connectivity index (χ0) is 27.7. The molecule has 2 amide bonds. The van der Waals surface area contributed by atoms with E-state index in [0.717, 1.165) is 34.2 Å². The number of alkyl halides is 1. The molecule has 0 bridgehead atoms. The summed E-state index contributed by atoms with van der Waals surface area (Å²) in [4.78, 5) is 24.7. The number of benzene rings is 3. The molecule has 0 unspecified atom stereocenters. The Kier molecular flexibility index (Phi) is 6.82. The third-order valence-corrected chi connectivity index (χ3v) is 7.19. The van der Waals surface area contributed by atoms with E-state index in [-0.39, 0.29) is 18.3 Å². The summed E-state index contributed by atoms with van der Waals surface area (Å²) in [6.45, 7) is 5.40. The van der Waals surface area contributed by atoms with Gasteiger partial charge in [-0.05, 0) is 90.9 Å². The van der Waals surface area contributed by atoms with Crippen molar-refractivity contribution in [3.05, 3.63) is 72.3 Å². The Balaban J connectivity index is 1.58. The normalized spacial score (nSPS) is 13.9. The first kappa shape index (κ1) is 26.0. The zero-order valence-corrected chi connectivity index (χ0v) is 21.8. The maximum Gasteiger partial charge on any atom is 0.255 e. The van der Waals surface area contributed by atoms with E-state index in [0.29, 0.717) is 40.8 Å². The number of hydrogen-bond donors (Lipinski definition) is 3. The Bertz CT molecular complexity index is 1610. The van der Waals surface area contributed by atoms with E-state index in [1.54, 1.807) is 24.3 Å². The summed E-state index contributed by atoms with van der Waals surface area (Å²) < 4.78 is 25.5. The van der Waals surface area contributed by atoms with Crippen molar-refractivity contribution in [1.82, 2.24) is 10.5 Å². The van der Waals surface area contributed by atoms with Crippen LogP contribution in [0.25, 0.3) is 33.2 Å². The molecule has 1 aliphatic rings. The minimum atomic E-state index is -1.33. The molecule has 0 spiro atoms. The lowest BCUT2D eigenvalue weighted by atomic mass is 9.82. The van der Waals surface area contributed by atoms with Crippen molar-refractivity contribution in [1.29, 1.82) is 0 Å². The highest BCUT2D eigenvalue weighted by Gasteiger charge is 2.37. The van der Waals surface area contributed by atoms with Gasteiger partial charge in [-0.1, -0.05) is 23.9 Å². The Labute approximate surface area is 225 Å². The summed E-state index contributed by atoms with van der Waals surface area (Å²) in [5.41, 5.74) is 10.5. The average molecular weight is 529 g/mol. The third kappa shape index (κ3) is 4.95. The van der Waals surface area contributed by atoms with E-state index in [1.165, 1.54) is 13.2 Å². The number of carbonyl (C=O) groups excluding carboxylic acids is 2. The third-order valence-electron chi connectivity index (χ3n) is 7.19. The Morgan fingerprint density at radius 3 is 2.62 bits per heavy atom. The number of amides is 2. The van der Waals surface area contributed by atoms with Gasteiger partial charge in [-0.15, -0.1) is 0 Å². The summed E-state index contributed by atoms with van der Waals surface area (Å²) in [7, 11) is 1.48. The maximum absolute atomic E-state index is 14.5. The lowest BCUT2D eigenvalue weighted by Gasteiger charge is -2.33. The molecule has 0 aliphatic heterocycles. The first-order valence-electron chi connectivity index (χ1n) is 12.6. The maximum atomic E-state index is 14.5. The van der Waals surface area contributed by atoms with Gasteiger partial charge in [0.25, 0.3) is 5.91 Å². The van der Waals surface area contributed by atoms with Crippen LogP contribution < -0.4 is 21.1 Å². The average Bonchev–Trinajstić information content (AvgIpc) is 3.30. The van der Waals surface area contributed by atoms with E-state index in [2.05, 4.69) is 22.4 Å². The number of rotatable bonds is 8. The van der Waals surface area contributed by atoms with E-state index in [1.807, 2.05) is 31.2 Å². The number of aromatic nitrogens is 1. The summed E-state index contributed by atoms with van der Waals surface area (Å²) >= 11 is 0. The minimum Gasteiger partial charge on any atom is -0.496 e. The first-order valence-corrected chi connectivity index (χ1v) is 12.6. The standard InChI is InChI=1S/C30H29FN4O4/c1-4-25(36)34-19-7-9-20(17(2)14-19)21-10-11-23-27(28(32)35-39-23)26(21)18-6-8-22(24(15-18)38-3)29(37)33-16-30(31)12-5-13-30/h4,6-11,14-15H,1,5,12-13,16H2,2-3H3,(H2,32,35)(H,33,37)(H,34,36). The highest BCUT2D eigenvalue weighted by atomic mass is 19.1. The highest BCUT2D eigenvalue weighted by Crippen LogP contribution is 2.43. The van der Waals surface area contributed by atoms with Gasteiger partial charge in [0.1, 0.15) is 11.4 Å². The molecular formula is C30H29FN4O4. The Morgan fingerprint density at radius 2 is 1.95 bits per heavy atom. The van der Waals surface area contributed by atoms with Gasteiger partial charge in [0.15, 0.2) is 11.4 Å². The molecule has 4 aromatic rings. The van der Waals surface area contributed by atoms with Crippen LogP contribution in [0.3, 0.4) is 0 Å². The molecule has 0 atom stereocenters. The summed E-state index contributed by atoms with van der Waals surface area (Å²) in [5.74, 6) is -0.141. The first-order chi connectivity index (χ1) is 18.7. The van der Waals surface area contributed by atoms with Gasteiger partial charge in [0.2, 0.25) is 5.91 Å². The fourth-order valence-electron chi connectivity index (χ4n) is 4.92. The van der Waals surface area contributed by atoms with E-state index in [9.17, 15) is 14.0 Å². The van der Waals surface area contributed by atoms with Crippen LogP contribution in [-0.2, 0) is 4.79 Å². The van der Waals surface area contributed by atoms with Gasteiger partial charge in [0, 0.05) is 11.3 Å². The number of fused-ring (bicyclic) bond motifs is 1. The van der Waals surface area contributed by atoms with Gasteiger partial charge >= 0.3 is 0 Å². The van der Waals surface area contributed by atoms with Crippen molar-refractivity contribution in [2.24, 2.45) is 0 Å². The van der Waals surface area contributed by atoms with Crippen LogP contribution in [0.15, 0.2) is 65.7 Å². The Morgan fingerprint density at radius 1 is 1.18 bits per heavy atom. The predicted molar refractivity (Wildman–Crippen MR) is 149 cm³/mol. The quantitative estimate of drug-likeness (QED) is 0.248. The summed E-state index contributed by atoms with van der Waals surface area (Å²) in [6, 6.07) is 14.5. The van der Waals surface area contributed by atoms with Crippen LogP contribution in [-0.4, -0.2) is 36.3 Å². The molecule has 200 valence electrons. The molecule has 0 radical (unpaired) electrons. The number of carbonyl (C=O) groups is 2. The van der Waals surface area contributed by atoms with Gasteiger partial charge in [-0.3, -0.25) is 9.59 Å². The van der Waals surface area contributed by atoms with Crippen LogP contribution in [0.1, 0.15) is 35.2 Å². The van der Waals surface area contributed by atoms with Gasteiger partial charge in [0.05, 0.1) is 24.6 Å². The lowest BCUT2D eigenvalue weighted by molar-refractivity contribution is -0.111. The van der Waals surface area contributed by atoms with Crippen LogP contribution >= 0.6 is 0 Å². The van der Waals surface area contributed by atoms with E-state index >= 15 is 0 Å². The number of aryl methyl sites for hydroxylation is 1. The molecule has 1 fully saturated rings. The van der Waals surface area contributed by atoms with E-state index in [4.69, 9.17) is 15.0 Å². The number of anilines is 2. The number of nitrogens with two attached hydrogens (primary N) is 1. The van der Waals surface area contributed by atoms with Crippen molar-refractivity contribution in [3.8, 4) is 28.0 Å². The number of halogens is 1. The van der Waals surface area contributed by atoms with Gasteiger partial charge in [-0.2, -0.15) is 0 Å². The van der Waals surface area contributed by atoms with Crippen LogP contribution in [0.5, 0.6) is 5.75 Å². The lowest BCUT2D eigenvalue weighted by Crippen LogP contribution is -2.44. The second-order valence-electron chi connectivity index (χ2n) is 9.75. The van der Waals surface area contributed by atoms with Crippen LogP contribution in [0.2, 0.25) is 0 Å². The second kappa shape index (κ2) is 10.2. The molecule has 1 heterocycles. The molecule has 0 saturated heterocycles. The molecule has 4 N–H and O–H groups in total. The molecule has 9 heteroatoms. The van der Waals surface area contributed by atoms with Crippen molar-refractivity contribution in [2.45, 2.75) is 31.9 Å². The smallest absolute Gasteiger partial charge is 0.255 e. The number of ether oxygens (including phenoxy) is 1. The van der Waals surface area contributed by atoms with Crippen molar-refractivity contribution < 1.29 is 23.2 Å². The number of methoxy groups -OCH3 is 1. The van der Waals surface area contributed by atoms with Gasteiger partial charge < -0.3 is 25.6 Å². The number of nitrogen functional groups attached to an aromatic ring is 1.